The van der Waals surface area contributed by atoms with E-state index in [0.717, 1.165) is 0 Å². The van der Waals surface area contributed by atoms with Crippen LogP contribution in [0.2, 0.25) is 10.0 Å². The molecule has 13 heteroatoms. The second-order valence-corrected chi connectivity index (χ2v) is 8.19. The number of benzene rings is 2. The first-order valence-electron chi connectivity index (χ1n) is 10.4. The van der Waals surface area contributed by atoms with Crippen LogP contribution in [0.1, 0.15) is 29.9 Å². The van der Waals surface area contributed by atoms with Crippen molar-refractivity contribution in [2.75, 3.05) is 5.32 Å². The van der Waals surface area contributed by atoms with Gasteiger partial charge in [-0.3, -0.25) is 0 Å². The summed E-state index contributed by atoms with van der Waals surface area (Å²) in [4.78, 5) is 25.1. The maximum absolute atomic E-state index is 13.9. The number of hydrogen-bond donors (Lipinski definition) is 2. The third-order valence-corrected chi connectivity index (χ3v) is 5.48. The van der Waals surface area contributed by atoms with Crippen molar-refractivity contribution in [2.24, 2.45) is 0 Å². The van der Waals surface area contributed by atoms with Gasteiger partial charge in [0.2, 0.25) is 0 Å². The highest BCUT2D eigenvalue weighted by molar-refractivity contribution is 6.37. The van der Waals surface area contributed by atoms with Gasteiger partial charge in [0, 0.05) is 18.5 Å². The lowest BCUT2D eigenvalue weighted by Gasteiger charge is -2.16. The first kappa shape index (κ1) is 24.8. The number of aromatic nitrogens is 5. The number of amides is 2. The van der Waals surface area contributed by atoms with Crippen LogP contribution in [-0.2, 0) is 6.61 Å². The summed E-state index contributed by atoms with van der Waals surface area (Å²) in [7, 11) is 0. The Kier molecular flexibility index (Phi) is 7.58. The molecule has 0 aliphatic carbocycles. The summed E-state index contributed by atoms with van der Waals surface area (Å²) in [6, 6.07) is 9.30. The van der Waals surface area contributed by atoms with E-state index in [1.54, 1.807) is 37.5 Å². The Balaban J connectivity index is 1.44. The Morgan fingerprint density at radius 1 is 1.19 bits per heavy atom. The van der Waals surface area contributed by atoms with Crippen molar-refractivity contribution < 1.29 is 13.9 Å². The van der Waals surface area contributed by atoms with Gasteiger partial charge in [0.15, 0.2) is 5.82 Å². The number of urea groups is 1. The topological polar surface area (TPSA) is 131 Å². The zero-order chi connectivity index (χ0) is 25.7. The molecule has 182 valence electrons. The molecule has 2 aromatic carbocycles. The van der Waals surface area contributed by atoms with Crippen molar-refractivity contribution >= 4 is 34.9 Å². The number of nitrogens with zero attached hydrogens (tertiary/aromatic N) is 6. The summed E-state index contributed by atoms with van der Waals surface area (Å²) < 4.78 is 21.0. The molecule has 2 N–H and O–H groups in total. The molecule has 0 radical (unpaired) electrons. The van der Waals surface area contributed by atoms with Crippen LogP contribution in [0.25, 0.3) is 5.95 Å². The normalized spacial score (nSPS) is 11.4. The summed E-state index contributed by atoms with van der Waals surface area (Å²) in [5.41, 5.74) is 0.661. The fourth-order valence-electron chi connectivity index (χ4n) is 3.16. The largest absolute Gasteiger partial charge is 0.487 e. The molecule has 2 heterocycles. The second kappa shape index (κ2) is 11.0. The Morgan fingerprint density at radius 3 is 2.69 bits per heavy atom. The highest BCUT2D eigenvalue weighted by atomic mass is 35.5. The van der Waals surface area contributed by atoms with Crippen LogP contribution in [0.3, 0.4) is 0 Å². The van der Waals surface area contributed by atoms with Gasteiger partial charge in [-0.2, -0.15) is 15.0 Å². The standard InChI is InChI=1S/C23H17Cl2FN8O2/c1-13(21-30-12-31-34(21)22-28-5-2-6-29-22)32-23(35)33-19-9-20(17(25)8-16(19)24)36-11-14-3-4-15(10-27)18(26)7-14/h2-9,12-13H,11H2,1H3,(H2,32,33,35). The minimum Gasteiger partial charge on any atom is -0.487 e. The van der Waals surface area contributed by atoms with Crippen LogP contribution < -0.4 is 15.4 Å². The predicted octanol–water partition coefficient (Wildman–Crippen LogP) is 4.84. The molecule has 36 heavy (non-hydrogen) atoms. The quantitative estimate of drug-likeness (QED) is 0.352. The minimum atomic E-state index is -0.649. The Hall–Kier alpha value is -4.27. The lowest BCUT2D eigenvalue weighted by Crippen LogP contribution is -2.32. The molecular formula is C23H17Cl2FN8O2. The molecule has 4 aromatic rings. The van der Waals surface area contributed by atoms with E-state index in [9.17, 15) is 9.18 Å². The smallest absolute Gasteiger partial charge is 0.319 e. The van der Waals surface area contributed by atoms with Crippen LogP contribution >= 0.6 is 23.2 Å². The molecule has 0 bridgehead atoms. The zero-order valence-corrected chi connectivity index (χ0v) is 20.1. The van der Waals surface area contributed by atoms with E-state index < -0.39 is 17.9 Å². The van der Waals surface area contributed by atoms with E-state index >= 15 is 0 Å². The van der Waals surface area contributed by atoms with E-state index in [2.05, 4.69) is 30.7 Å². The Morgan fingerprint density at radius 2 is 1.97 bits per heavy atom. The van der Waals surface area contributed by atoms with Crippen molar-refractivity contribution in [1.82, 2.24) is 30.0 Å². The number of halogens is 3. The van der Waals surface area contributed by atoms with Crippen molar-refractivity contribution in [3.8, 4) is 17.8 Å². The summed E-state index contributed by atoms with van der Waals surface area (Å²) >= 11 is 12.5. The monoisotopic (exact) mass is 526 g/mol. The van der Waals surface area contributed by atoms with Gasteiger partial charge >= 0.3 is 6.03 Å². The summed E-state index contributed by atoms with van der Waals surface area (Å²) in [5.74, 6) is 0.291. The van der Waals surface area contributed by atoms with Crippen LogP contribution in [0, 0.1) is 17.1 Å². The molecule has 2 aromatic heterocycles. The number of hydrogen-bond acceptors (Lipinski definition) is 7. The number of rotatable bonds is 7. The minimum absolute atomic E-state index is 0.0239. The van der Waals surface area contributed by atoms with Crippen molar-refractivity contribution in [3.05, 3.63) is 87.9 Å². The van der Waals surface area contributed by atoms with E-state index in [0.29, 0.717) is 17.3 Å². The van der Waals surface area contributed by atoms with Gasteiger partial charge in [-0.05, 0) is 36.8 Å². The summed E-state index contributed by atoms with van der Waals surface area (Å²) in [6.45, 7) is 1.70. The SMILES string of the molecule is CC(NC(=O)Nc1cc(OCc2ccc(C#N)c(F)c2)c(Cl)cc1Cl)c1ncnn1-c1ncccn1. The molecular weight excluding hydrogens is 510 g/mol. The number of nitriles is 1. The lowest BCUT2D eigenvalue weighted by molar-refractivity contribution is 0.248. The van der Waals surface area contributed by atoms with Crippen molar-refractivity contribution in [2.45, 2.75) is 19.6 Å². The van der Waals surface area contributed by atoms with Gasteiger partial charge < -0.3 is 15.4 Å². The number of carbonyl (C=O) groups is 1. The number of ether oxygens (including phenoxy) is 1. The van der Waals surface area contributed by atoms with Crippen molar-refractivity contribution in [3.63, 3.8) is 0 Å². The maximum atomic E-state index is 13.9. The van der Waals surface area contributed by atoms with Crippen LogP contribution in [0.4, 0.5) is 14.9 Å². The highest BCUT2D eigenvalue weighted by Gasteiger charge is 2.19. The van der Waals surface area contributed by atoms with Crippen LogP contribution in [-0.4, -0.2) is 30.8 Å². The first-order valence-corrected chi connectivity index (χ1v) is 11.2. The van der Waals surface area contributed by atoms with Crippen LogP contribution in [0.15, 0.2) is 55.1 Å². The molecule has 0 saturated carbocycles. The molecule has 0 spiro atoms. The molecule has 10 nitrogen and oxygen atoms in total. The van der Waals surface area contributed by atoms with Gasteiger partial charge in [-0.1, -0.05) is 29.3 Å². The molecule has 2 amide bonds. The fourth-order valence-corrected chi connectivity index (χ4v) is 3.64. The van der Waals surface area contributed by atoms with E-state index in [1.807, 2.05) is 0 Å². The molecule has 0 aliphatic heterocycles. The second-order valence-electron chi connectivity index (χ2n) is 7.38. The molecule has 0 aliphatic rings. The third kappa shape index (κ3) is 5.68. The van der Waals surface area contributed by atoms with E-state index in [1.165, 1.54) is 35.3 Å². The molecule has 4 rings (SSSR count). The zero-order valence-electron chi connectivity index (χ0n) is 18.6. The van der Waals surface area contributed by atoms with E-state index in [-0.39, 0.29) is 33.7 Å². The number of carbonyl (C=O) groups excluding carboxylic acids is 1. The fraction of sp³-hybridized carbons (Fsp3) is 0.130. The Labute approximate surface area is 214 Å². The maximum Gasteiger partial charge on any atom is 0.319 e. The lowest BCUT2D eigenvalue weighted by atomic mass is 10.1. The molecule has 0 fully saturated rings. The van der Waals surface area contributed by atoms with Crippen molar-refractivity contribution in [1.29, 1.82) is 5.26 Å². The van der Waals surface area contributed by atoms with E-state index in [4.69, 9.17) is 33.2 Å². The average Bonchev–Trinajstić information content (AvgIpc) is 3.36. The van der Waals surface area contributed by atoms with Gasteiger partial charge in [0.1, 0.15) is 30.6 Å². The summed E-state index contributed by atoms with van der Waals surface area (Å²) in [6.07, 6.45) is 4.47. The summed E-state index contributed by atoms with van der Waals surface area (Å²) in [5, 5.41) is 18.7. The number of nitrogens with one attached hydrogen (secondary N) is 2. The Bertz CT molecular complexity index is 1440. The van der Waals surface area contributed by atoms with Gasteiger partial charge in [-0.25, -0.2) is 24.1 Å². The molecule has 1 unspecified atom stereocenters. The third-order valence-electron chi connectivity index (χ3n) is 4.87. The highest BCUT2D eigenvalue weighted by Crippen LogP contribution is 2.35. The number of anilines is 1. The first-order chi connectivity index (χ1) is 17.4. The van der Waals surface area contributed by atoms with Crippen LogP contribution in [0.5, 0.6) is 5.75 Å². The van der Waals surface area contributed by atoms with Gasteiger partial charge in [0.25, 0.3) is 5.95 Å². The predicted molar refractivity (Wildman–Crippen MR) is 129 cm³/mol. The van der Waals surface area contributed by atoms with Gasteiger partial charge in [-0.15, -0.1) is 0 Å². The van der Waals surface area contributed by atoms with Gasteiger partial charge in [0.05, 0.1) is 27.3 Å². The molecule has 0 saturated heterocycles. The average molecular weight is 527 g/mol. The molecule has 1 atom stereocenters.